The Kier molecular flexibility index (Phi) is 5.13. The van der Waals surface area contributed by atoms with E-state index in [-0.39, 0.29) is 17.4 Å². The van der Waals surface area contributed by atoms with E-state index in [1.54, 1.807) is 4.90 Å². The molecule has 1 amide bonds. The molecule has 2 bridgehead atoms. The van der Waals surface area contributed by atoms with E-state index in [1.807, 2.05) is 13.8 Å². The molecule has 8 unspecified atom stereocenters. The molecule has 5 nitrogen and oxygen atoms in total. The zero-order chi connectivity index (χ0) is 19.3. The number of fused-ring (bicyclic) bond motifs is 2. The number of nitrogens with zero attached hydrogens (tertiary/aromatic N) is 2. The molecule has 3 rings (SSSR count). The highest BCUT2D eigenvalue weighted by Gasteiger charge is 2.56. The van der Waals surface area contributed by atoms with Gasteiger partial charge in [0.2, 0.25) is 5.91 Å². The van der Waals surface area contributed by atoms with Crippen LogP contribution in [-0.2, 0) is 4.79 Å². The Morgan fingerprint density at radius 1 is 1.35 bits per heavy atom. The molecule has 0 aromatic carbocycles. The quantitative estimate of drug-likeness (QED) is 0.788. The van der Waals surface area contributed by atoms with E-state index in [0.717, 1.165) is 32.1 Å². The summed E-state index contributed by atoms with van der Waals surface area (Å²) in [6, 6.07) is 1.43. The lowest BCUT2D eigenvalue weighted by atomic mass is 9.53. The summed E-state index contributed by atoms with van der Waals surface area (Å²) in [4.78, 5) is 15.3. The molecule has 26 heavy (non-hydrogen) atoms. The molecular weight excluding hydrogens is 326 g/mol. The van der Waals surface area contributed by atoms with Gasteiger partial charge in [0, 0.05) is 6.04 Å². The van der Waals surface area contributed by atoms with Crippen molar-refractivity contribution in [2.45, 2.75) is 96.4 Å². The van der Waals surface area contributed by atoms with Gasteiger partial charge in [0.15, 0.2) is 0 Å². The number of nitrogens with two attached hydrogens (primary N) is 1. The van der Waals surface area contributed by atoms with Crippen LogP contribution in [0.2, 0.25) is 0 Å². The second kappa shape index (κ2) is 6.80. The van der Waals surface area contributed by atoms with Crippen LogP contribution in [-0.4, -0.2) is 39.6 Å². The van der Waals surface area contributed by atoms with Crippen LogP contribution in [0.15, 0.2) is 0 Å². The summed E-state index contributed by atoms with van der Waals surface area (Å²) in [6.45, 7) is 8.22. The molecular formula is C21H35N3O2. The predicted octanol–water partition coefficient (Wildman–Crippen LogP) is 2.82. The zero-order valence-electron chi connectivity index (χ0n) is 16.7. The maximum atomic E-state index is 13.5. The summed E-state index contributed by atoms with van der Waals surface area (Å²) in [7, 11) is 0. The van der Waals surface area contributed by atoms with Crippen molar-refractivity contribution in [1.29, 1.82) is 5.26 Å². The minimum absolute atomic E-state index is 0.0710. The van der Waals surface area contributed by atoms with Gasteiger partial charge in [-0.25, -0.2) is 0 Å². The molecule has 3 aliphatic rings. The van der Waals surface area contributed by atoms with Crippen LogP contribution >= 0.6 is 0 Å². The smallest absolute Gasteiger partial charge is 0.241 e. The first-order valence-corrected chi connectivity index (χ1v) is 10.3. The van der Waals surface area contributed by atoms with E-state index in [1.165, 1.54) is 0 Å². The zero-order valence-corrected chi connectivity index (χ0v) is 16.7. The molecule has 146 valence electrons. The first-order chi connectivity index (χ1) is 12.1. The summed E-state index contributed by atoms with van der Waals surface area (Å²) in [5, 5.41) is 20.4. The monoisotopic (exact) mass is 361 g/mol. The molecule has 0 saturated heterocycles. The summed E-state index contributed by atoms with van der Waals surface area (Å²) in [5.41, 5.74) is 5.57. The van der Waals surface area contributed by atoms with Gasteiger partial charge >= 0.3 is 0 Å². The van der Waals surface area contributed by atoms with Gasteiger partial charge in [-0.05, 0) is 75.0 Å². The molecule has 5 heteroatoms. The van der Waals surface area contributed by atoms with Crippen molar-refractivity contribution >= 4 is 5.91 Å². The number of rotatable bonds is 5. The maximum absolute atomic E-state index is 13.5. The highest BCUT2D eigenvalue weighted by molar-refractivity contribution is 5.84. The maximum Gasteiger partial charge on any atom is 0.241 e. The molecule has 0 aliphatic heterocycles. The fourth-order valence-corrected chi connectivity index (χ4v) is 6.22. The normalized spacial score (nSPS) is 43.9. The number of aliphatic hydroxyl groups is 1. The van der Waals surface area contributed by atoms with E-state index < -0.39 is 17.7 Å². The van der Waals surface area contributed by atoms with Crippen LogP contribution in [0.5, 0.6) is 0 Å². The second-order valence-corrected chi connectivity index (χ2v) is 9.91. The van der Waals surface area contributed by atoms with Crippen molar-refractivity contribution in [3.05, 3.63) is 0 Å². The first kappa shape index (κ1) is 19.6. The number of carbonyl (C=O) groups is 1. The Morgan fingerprint density at radius 2 is 2.00 bits per heavy atom. The third-order valence-electron chi connectivity index (χ3n) is 7.12. The van der Waals surface area contributed by atoms with Crippen LogP contribution in [0.1, 0.15) is 72.6 Å². The van der Waals surface area contributed by atoms with Crippen molar-refractivity contribution in [2.24, 2.45) is 28.9 Å². The van der Waals surface area contributed by atoms with E-state index >= 15 is 0 Å². The van der Waals surface area contributed by atoms with Gasteiger partial charge in [-0.15, -0.1) is 0 Å². The topological polar surface area (TPSA) is 90.4 Å². The van der Waals surface area contributed by atoms with Gasteiger partial charge in [-0.3, -0.25) is 4.79 Å². The molecule has 0 spiro atoms. The Balaban J connectivity index is 1.88. The van der Waals surface area contributed by atoms with E-state index in [2.05, 4.69) is 19.9 Å². The van der Waals surface area contributed by atoms with E-state index in [9.17, 15) is 15.2 Å². The Bertz CT molecular complexity index is 595. The highest BCUT2D eigenvalue weighted by atomic mass is 16.3. The molecule has 3 saturated carbocycles. The standard InChI is InChI=1S/C21H35N3O2/c1-5-16(11-22)24(17-7-14(17)3)19(25)18(23)21-8-13(2)6-15(10-21)9-20(4,26)12-21/h13-18,26H,5-10,12,23H2,1-4H3. The second-order valence-electron chi connectivity index (χ2n) is 9.91. The lowest BCUT2D eigenvalue weighted by molar-refractivity contribution is -0.147. The van der Waals surface area contributed by atoms with Crippen molar-refractivity contribution < 1.29 is 9.90 Å². The lowest BCUT2D eigenvalue weighted by Crippen LogP contribution is -2.61. The number of nitriles is 1. The number of carbonyl (C=O) groups excluding carboxylic acids is 1. The molecule has 3 fully saturated rings. The van der Waals surface area contributed by atoms with Crippen LogP contribution in [0, 0.1) is 34.5 Å². The Hall–Kier alpha value is -1.12. The van der Waals surface area contributed by atoms with Gasteiger partial charge in [-0.2, -0.15) is 5.26 Å². The molecule has 0 aromatic heterocycles. The number of hydrogen-bond donors (Lipinski definition) is 2. The van der Waals surface area contributed by atoms with E-state index in [4.69, 9.17) is 5.73 Å². The van der Waals surface area contributed by atoms with Crippen molar-refractivity contribution in [3.63, 3.8) is 0 Å². The van der Waals surface area contributed by atoms with Gasteiger partial charge in [-0.1, -0.05) is 20.8 Å². The van der Waals surface area contributed by atoms with Gasteiger partial charge < -0.3 is 15.7 Å². The molecule has 0 radical (unpaired) electrons. The number of amides is 1. The summed E-state index contributed by atoms with van der Waals surface area (Å²) < 4.78 is 0. The SMILES string of the molecule is CCC(C#N)N(C(=O)C(N)C12CC(C)CC(CC(C)(O)C1)C2)C1CC1C. The van der Waals surface area contributed by atoms with Crippen LogP contribution < -0.4 is 5.73 Å². The Labute approximate surface area is 157 Å². The molecule has 3 N–H and O–H groups in total. The highest BCUT2D eigenvalue weighted by Crippen LogP contribution is 2.55. The lowest BCUT2D eigenvalue weighted by Gasteiger charge is -2.55. The average molecular weight is 362 g/mol. The summed E-state index contributed by atoms with van der Waals surface area (Å²) >= 11 is 0. The van der Waals surface area contributed by atoms with Crippen LogP contribution in [0.3, 0.4) is 0 Å². The minimum atomic E-state index is -0.752. The average Bonchev–Trinajstić information content (AvgIpc) is 3.24. The first-order valence-electron chi connectivity index (χ1n) is 10.3. The Morgan fingerprint density at radius 3 is 2.54 bits per heavy atom. The molecule has 3 aliphatic carbocycles. The fraction of sp³-hybridized carbons (Fsp3) is 0.905. The van der Waals surface area contributed by atoms with Crippen LogP contribution in [0.4, 0.5) is 0 Å². The van der Waals surface area contributed by atoms with Crippen molar-refractivity contribution in [3.8, 4) is 6.07 Å². The molecule has 8 atom stereocenters. The fourth-order valence-electron chi connectivity index (χ4n) is 6.22. The number of hydrogen-bond acceptors (Lipinski definition) is 4. The molecule has 0 aromatic rings. The minimum Gasteiger partial charge on any atom is -0.390 e. The van der Waals surface area contributed by atoms with Gasteiger partial charge in [0.1, 0.15) is 6.04 Å². The third-order valence-corrected chi connectivity index (χ3v) is 7.12. The third kappa shape index (κ3) is 3.51. The van der Waals surface area contributed by atoms with Crippen molar-refractivity contribution in [1.82, 2.24) is 4.90 Å². The van der Waals surface area contributed by atoms with E-state index in [0.29, 0.717) is 30.6 Å². The predicted molar refractivity (Wildman–Crippen MR) is 101 cm³/mol. The largest absolute Gasteiger partial charge is 0.390 e. The summed E-state index contributed by atoms with van der Waals surface area (Å²) in [5.74, 6) is 1.33. The van der Waals surface area contributed by atoms with Gasteiger partial charge in [0.25, 0.3) is 0 Å². The van der Waals surface area contributed by atoms with Gasteiger partial charge in [0.05, 0.1) is 17.7 Å². The van der Waals surface area contributed by atoms with Crippen LogP contribution in [0.25, 0.3) is 0 Å². The molecule has 0 heterocycles. The van der Waals surface area contributed by atoms with Crippen molar-refractivity contribution in [2.75, 3.05) is 0 Å². The summed E-state index contributed by atoms with van der Waals surface area (Å²) in [6.07, 6.45) is 5.91.